The molecule has 0 saturated heterocycles. The first-order valence-corrected chi connectivity index (χ1v) is 5.14. The number of rotatable bonds is 3. The normalized spacial score (nSPS) is 11.1. The fourth-order valence-corrected chi connectivity index (χ4v) is 1.23. The van der Waals surface area contributed by atoms with E-state index in [1.54, 1.807) is 0 Å². The van der Waals surface area contributed by atoms with Gasteiger partial charge in [-0.25, -0.2) is 0 Å². The SMILES string of the molecule is C#Cc1cccc(COCC(C)(C)C)c1. The molecule has 0 fully saturated rings. The molecule has 0 saturated carbocycles. The van der Waals surface area contributed by atoms with Crippen LogP contribution in [-0.4, -0.2) is 6.61 Å². The van der Waals surface area contributed by atoms with Crippen LogP contribution in [0.25, 0.3) is 0 Å². The van der Waals surface area contributed by atoms with E-state index in [0.29, 0.717) is 6.61 Å². The van der Waals surface area contributed by atoms with E-state index < -0.39 is 0 Å². The molecule has 0 amide bonds. The van der Waals surface area contributed by atoms with Gasteiger partial charge in [-0.05, 0) is 23.1 Å². The predicted octanol–water partition coefficient (Wildman–Crippen LogP) is 3.23. The van der Waals surface area contributed by atoms with Crippen molar-refractivity contribution in [2.24, 2.45) is 5.41 Å². The summed E-state index contributed by atoms with van der Waals surface area (Å²) >= 11 is 0. The number of benzene rings is 1. The van der Waals surface area contributed by atoms with Gasteiger partial charge in [0.25, 0.3) is 0 Å². The van der Waals surface area contributed by atoms with E-state index in [4.69, 9.17) is 11.2 Å². The third kappa shape index (κ3) is 4.67. The largest absolute Gasteiger partial charge is 0.376 e. The molecule has 1 nitrogen and oxygen atoms in total. The third-order valence-electron chi connectivity index (χ3n) is 1.90. The zero-order chi connectivity index (χ0) is 11.3. The van der Waals surface area contributed by atoms with Gasteiger partial charge in [-0.15, -0.1) is 6.42 Å². The molecule has 0 atom stereocenters. The van der Waals surface area contributed by atoms with E-state index in [9.17, 15) is 0 Å². The summed E-state index contributed by atoms with van der Waals surface area (Å²) in [5.41, 5.74) is 2.26. The molecule has 80 valence electrons. The van der Waals surface area contributed by atoms with E-state index >= 15 is 0 Å². The summed E-state index contributed by atoms with van der Waals surface area (Å²) in [7, 11) is 0. The molecular formula is C14H18O. The summed E-state index contributed by atoms with van der Waals surface area (Å²) in [6.07, 6.45) is 5.33. The molecule has 1 heteroatoms. The molecule has 0 radical (unpaired) electrons. The maximum Gasteiger partial charge on any atom is 0.0717 e. The fourth-order valence-electron chi connectivity index (χ4n) is 1.23. The van der Waals surface area contributed by atoms with Crippen molar-refractivity contribution < 1.29 is 4.74 Å². The standard InChI is InChI=1S/C14H18O/c1-5-12-7-6-8-13(9-12)10-15-11-14(2,3)4/h1,6-9H,10-11H2,2-4H3. The van der Waals surface area contributed by atoms with Gasteiger partial charge in [0.2, 0.25) is 0 Å². The summed E-state index contributed by atoms with van der Waals surface area (Å²) in [5.74, 6) is 2.62. The van der Waals surface area contributed by atoms with Gasteiger partial charge < -0.3 is 4.74 Å². The molecule has 1 rings (SSSR count). The van der Waals surface area contributed by atoms with Gasteiger partial charge in [0.15, 0.2) is 0 Å². The van der Waals surface area contributed by atoms with Crippen LogP contribution in [0.5, 0.6) is 0 Å². The summed E-state index contributed by atoms with van der Waals surface area (Å²) in [4.78, 5) is 0. The predicted molar refractivity (Wildman–Crippen MR) is 63.5 cm³/mol. The molecule has 0 bridgehead atoms. The maximum atomic E-state index is 5.62. The molecular weight excluding hydrogens is 184 g/mol. The van der Waals surface area contributed by atoms with Crippen LogP contribution in [0.2, 0.25) is 0 Å². The average Bonchev–Trinajstić information content (AvgIpc) is 2.16. The first-order valence-electron chi connectivity index (χ1n) is 5.14. The molecule has 0 heterocycles. The van der Waals surface area contributed by atoms with Crippen molar-refractivity contribution in [3.8, 4) is 12.3 Å². The van der Waals surface area contributed by atoms with Crippen LogP contribution in [0, 0.1) is 17.8 Å². The van der Waals surface area contributed by atoms with Gasteiger partial charge in [0.05, 0.1) is 13.2 Å². The number of terminal acetylenes is 1. The molecule has 0 aliphatic rings. The maximum absolute atomic E-state index is 5.62. The van der Waals surface area contributed by atoms with Crippen molar-refractivity contribution >= 4 is 0 Å². The number of ether oxygens (including phenoxy) is 1. The van der Waals surface area contributed by atoms with Gasteiger partial charge >= 0.3 is 0 Å². The first-order chi connectivity index (χ1) is 7.01. The van der Waals surface area contributed by atoms with Crippen LogP contribution >= 0.6 is 0 Å². The quantitative estimate of drug-likeness (QED) is 0.684. The molecule has 1 aromatic rings. The van der Waals surface area contributed by atoms with Gasteiger partial charge in [0.1, 0.15) is 0 Å². The summed E-state index contributed by atoms with van der Waals surface area (Å²) in [6.45, 7) is 7.86. The Balaban J connectivity index is 2.48. The van der Waals surface area contributed by atoms with Crippen molar-refractivity contribution in [3.63, 3.8) is 0 Å². The Bertz CT molecular complexity index is 352. The minimum absolute atomic E-state index is 0.212. The Hall–Kier alpha value is -1.26. The smallest absolute Gasteiger partial charge is 0.0717 e. The van der Waals surface area contributed by atoms with E-state index in [0.717, 1.165) is 17.7 Å². The van der Waals surface area contributed by atoms with E-state index in [1.165, 1.54) is 0 Å². The second kappa shape index (κ2) is 5.00. The highest BCUT2D eigenvalue weighted by molar-refractivity contribution is 5.34. The Morgan fingerprint density at radius 3 is 2.67 bits per heavy atom. The van der Waals surface area contributed by atoms with Crippen molar-refractivity contribution in [1.82, 2.24) is 0 Å². The van der Waals surface area contributed by atoms with Crippen LogP contribution in [0.4, 0.5) is 0 Å². The van der Waals surface area contributed by atoms with Gasteiger partial charge in [-0.2, -0.15) is 0 Å². The molecule has 1 aromatic carbocycles. The monoisotopic (exact) mass is 202 g/mol. The summed E-state index contributed by atoms with van der Waals surface area (Å²) in [6, 6.07) is 7.91. The topological polar surface area (TPSA) is 9.23 Å². The lowest BCUT2D eigenvalue weighted by Crippen LogP contribution is -2.14. The van der Waals surface area contributed by atoms with Crippen molar-refractivity contribution in [2.45, 2.75) is 27.4 Å². The lowest BCUT2D eigenvalue weighted by atomic mass is 9.99. The number of hydrogen-bond donors (Lipinski definition) is 0. The Kier molecular flexibility index (Phi) is 3.94. The highest BCUT2D eigenvalue weighted by Gasteiger charge is 2.09. The van der Waals surface area contributed by atoms with Crippen molar-refractivity contribution in [1.29, 1.82) is 0 Å². The van der Waals surface area contributed by atoms with Crippen LogP contribution in [0.15, 0.2) is 24.3 Å². The minimum Gasteiger partial charge on any atom is -0.376 e. The Labute approximate surface area is 92.5 Å². The molecule has 0 spiro atoms. The molecule has 0 N–H and O–H groups in total. The zero-order valence-electron chi connectivity index (χ0n) is 9.71. The molecule has 0 unspecified atom stereocenters. The molecule has 0 aliphatic heterocycles. The molecule has 0 aromatic heterocycles. The van der Waals surface area contributed by atoms with Crippen LogP contribution in [-0.2, 0) is 11.3 Å². The van der Waals surface area contributed by atoms with Crippen molar-refractivity contribution in [3.05, 3.63) is 35.4 Å². The highest BCUT2D eigenvalue weighted by Crippen LogP contribution is 2.14. The third-order valence-corrected chi connectivity index (χ3v) is 1.90. The minimum atomic E-state index is 0.212. The van der Waals surface area contributed by atoms with Crippen molar-refractivity contribution in [2.75, 3.05) is 6.61 Å². The average molecular weight is 202 g/mol. The van der Waals surface area contributed by atoms with E-state index in [-0.39, 0.29) is 5.41 Å². The van der Waals surface area contributed by atoms with Gasteiger partial charge in [0, 0.05) is 5.56 Å². The lowest BCUT2D eigenvalue weighted by molar-refractivity contribution is 0.0599. The second-order valence-electron chi connectivity index (χ2n) is 4.90. The number of hydrogen-bond acceptors (Lipinski definition) is 1. The molecule has 15 heavy (non-hydrogen) atoms. The Morgan fingerprint density at radius 1 is 1.33 bits per heavy atom. The summed E-state index contributed by atoms with van der Waals surface area (Å²) in [5, 5.41) is 0. The van der Waals surface area contributed by atoms with Crippen LogP contribution in [0.1, 0.15) is 31.9 Å². The highest BCUT2D eigenvalue weighted by atomic mass is 16.5. The van der Waals surface area contributed by atoms with E-state index in [1.807, 2.05) is 24.3 Å². The zero-order valence-corrected chi connectivity index (χ0v) is 9.71. The van der Waals surface area contributed by atoms with E-state index in [2.05, 4.69) is 26.7 Å². The van der Waals surface area contributed by atoms with Gasteiger partial charge in [-0.1, -0.05) is 38.8 Å². The van der Waals surface area contributed by atoms with Crippen LogP contribution in [0.3, 0.4) is 0 Å². The Morgan fingerprint density at radius 2 is 2.07 bits per heavy atom. The van der Waals surface area contributed by atoms with Gasteiger partial charge in [-0.3, -0.25) is 0 Å². The molecule has 0 aliphatic carbocycles. The second-order valence-corrected chi connectivity index (χ2v) is 4.90. The fraction of sp³-hybridized carbons (Fsp3) is 0.429. The lowest BCUT2D eigenvalue weighted by Gasteiger charge is -2.17. The van der Waals surface area contributed by atoms with Crippen LogP contribution < -0.4 is 0 Å². The summed E-state index contributed by atoms with van der Waals surface area (Å²) < 4.78 is 5.62. The first kappa shape index (κ1) is 11.8.